The summed E-state index contributed by atoms with van der Waals surface area (Å²) in [5.41, 5.74) is 0. The number of carbonyl (C=O) groups is 3. The average molecular weight is 873 g/mol. The van der Waals surface area contributed by atoms with Crippen LogP contribution in [0.15, 0.2) is 24.3 Å². The number of rotatable bonds is 50. The highest BCUT2D eigenvalue weighted by molar-refractivity contribution is 5.71. The van der Waals surface area contributed by atoms with Crippen LogP contribution in [0, 0.1) is 0 Å². The first-order valence-corrected chi connectivity index (χ1v) is 27.3. The van der Waals surface area contributed by atoms with E-state index in [1.54, 1.807) is 0 Å². The summed E-state index contributed by atoms with van der Waals surface area (Å²) in [5, 5.41) is 0. The predicted octanol–water partition coefficient (Wildman–Crippen LogP) is 17.9. The Bertz CT molecular complexity index is 1000. The fourth-order valence-electron chi connectivity index (χ4n) is 8.05. The van der Waals surface area contributed by atoms with Crippen LogP contribution in [-0.2, 0) is 28.6 Å². The highest BCUT2D eigenvalue weighted by Gasteiger charge is 2.19. The lowest BCUT2D eigenvalue weighted by atomic mass is 10.0. The lowest BCUT2D eigenvalue weighted by Gasteiger charge is -2.18. The van der Waals surface area contributed by atoms with Crippen LogP contribution in [0.1, 0.15) is 297 Å². The molecule has 0 aromatic rings. The summed E-state index contributed by atoms with van der Waals surface area (Å²) < 4.78 is 16.8. The Morgan fingerprint density at radius 2 is 0.597 bits per heavy atom. The van der Waals surface area contributed by atoms with Crippen molar-refractivity contribution in [2.75, 3.05) is 13.2 Å². The average Bonchev–Trinajstić information content (AvgIpc) is 3.27. The second kappa shape index (κ2) is 51.5. The van der Waals surface area contributed by atoms with E-state index in [1.165, 1.54) is 173 Å². The molecule has 0 aromatic heterocycles. The molecule has 364 valence electrons. The predicted molar refractivity (Wildman–Crippen MR) is 266 cm³/mol. The molecule has 0 rings (SSSR count). The highest BCUT2D eigenvalue weighted by atomic mass is 16.6. The molecule has 6 heteroatoms. The van der Waals surface area contributed by atoms with Crippen LogP contribution in [0.4, 0.5) is 0 Å². The molecule has 0 aliphatic heterocycles. The Kier molecular flexibility index (Phi) is 49.8. The molecule has 0 N–H and O–H groups in total. The van der Waals surface area contributed by atoms with E-state index in [0.717, 1.165) is 83.5 Å². The molecular formula is C56H104O6. The minimum atomic E-state index is -0.772. The first-order valence-electron chi connectivity index (χ1n) is 27.3. The second-order valence-electron chi connectivity index (χ2n) is 18.5. The maximum Gasteiger partial charge on any atom is 0.306 e. The lowest BCUT2D eigenvalue weighted by Crippen LogP contribution is -2.30. The van der Waals surface area contributed by atoms with Gasteiger partial charge in [-0.05, 0) is 44.9 Å². The molecule has 0 bridgehead atoms. The number of carbonyl (C=O) groups excluding carboxylic acids is 3. The van der Waals surface area contributed by atoms with E-state index in [4.69, 9.17) is 14.2 Å². The lowest BCUT2D eigenvalue weighted by molar-refractivity contribution is -0.167. The molecule has 6 nitrogen and oxygen atoms in total. The summed E-state index contributed by atoms with van der Waals surface area (Å²) in [6.45, 7) is 6.63. The van der Waals surface area contributed by atoms with Gasteiger partial charge in [0.05, 0.1) is 0 Å². The molecule has 0 radical (unpaired) electrons. The van der Waals surface area contributed by atoms with E-state index in [-0.39, 0.29) is 31.1 Å². The minimum Gasteiger partial charge on any atom is -0.462 e. The van der Waals surface area contributed by atoms with E-state index < -0.39 is 6.10 Å². The third-order valence-electron chi connectivity index (χ3n) is 12.2. The molecule has 1 atom stereocenters. The van der Waals surface area contributed by atoms with Crippen LogP contribution in [-0.4, -0.2) is 37.2 Å². The van der Waals surface area contributed by atoms with Crippen molar-refractivity contribution in [1.29, 1.82) is 0 Å². The van der Waals surface area contributed by atoms with E-state index in [9.17, 15) is 14.4 Å². The normalized spacial score (nSPS) is 12.1. The van der Waals surface area contributed by atoms with E-state index in [0.29, 0.717) is 19.3 Å². The first-order chi connectivity index (χ1) is 30.5. The molecule has 0 aromatic carbocycles. The van der Waals surface area contributed by atoms with Crippen molar-refractivity contribution < 1.29 is 28.6 Å². The molecule has 0 saturated carbocycles. The van der Waals surface area contributed by atoms with E-state index in [1.807, 2.05) is 0 Å². The van der Waals surface area contributed by atoms with Crippen molar-refractivity contribution in [3.8, 4) is 0 Å². The zero-order valence-corrected chi connectivity index (χ0v) is 41.7. The summed E-state index contributed by atoms with van der Waals surface area (Å²) >= 11 is 0. The molecule has 0 heterocycles. The molecule has 62 heavy (non-hydrogen) atoms. The maximum absolute atomic E-state index is 12.8. The number of hydrogen-bond donors (Lipinski definition) is 0. The van der Waals surface area contributed by atoms with Crippen molar-refractivity contribution in [1.82, 2.24) is 0 Å². The molecule has 0 spiro atoms. The molecule has 0 amide bonds. The Morgan fingerprint density at radius 1 is 0.323 bits per heavy atom. The number of unbranched alkanes of at least 4 members (excludes halogenated alkanes) is 35. The van der Waals surface area contributed by atoms with Gasteiger partial charge in [0.15, 0.2) is 6.10 Å². The van der Waals surface area contributed by atoms with Crippen molar-refractivity contribution >= 4 is 17.9 Å². The zero-order chi connectivity index (χ0) is 45.1. The van der Waals surface area contributed by atoms with Crippen molar-refractivity contribution in [2.45, 2.75) is 303 Å². The first kappa shape index (κ1) is 59.9. The minimum absolute atomic E-state index is 0.0718. The van der Waals surface area contributed by atoms with Gasteiger partial charge in [-0.1, -0.05) is 257 Å². The second-order valence-corrected chi connectivity index (χ2v) is 18.5. The van der Waals surface area contributed by atoms with Crippen LogP contribution < -0.4 is 0 Å². The monoisotopic (exact) mass is 873 g/mol. The van der Waals surface area contributed by atoms with Gasteiger partial charge >= 0.3 is 17.9 Å². The maximum atomic E-state index is 12.8. The molecule has 0 aliphatic carbocycles. The Labute approximate surface area is 385 Å². The van der Waals surface area contributed by atoms with Crippen LogP contribution in [0.25, 0.3) is 0 Å². The molecule has 0 unspecified atom stereocenters. The smallest absolute Gasteiger partial charge is 0.306 e. The quantitative estimate of drug-likeness (QED) is 0.0262. The summed E-state index contributed by atoms with van der Waals surface area (Å²) in [6.07, 6.45) is 58.7. The van der Waals surface area contributed by atoms with E-state index >= 15 is 0 Å². The van der Waals surface area contributed by atoms with Crippen LogP contribution in [0.2, 0.25) is 0 Å². The van der Waals surface area contributed by atoms with Gasteiger partial charge in [-0.3, -0.25) is 14.4 Å². The topological polar surface area (TPSA) is 78.9 Å². The zero-order valence-electron chi connectivity index (χ0n) is 41.7. The largest absolute Gasteiger partial charge is 0.462 e. The highest BCUT2D eigenvalue weighted by Crippen LogP contribution is 2.16. The Morgan fingerprint density at radius 3 is 0.935 bits per heavy atom. The van der Waals surface area contributed by atoms with Gasteiger partial charge in [0.1, 0.15) is 13.2 Å². The summed E-state index contributed by atoms with van der Waals surface area (Å²) in [6, 6.07) is 0. The molecular weight excluding hydrogens is 769 g/mol. The third kappa shape index (κ3) is 48.9. The van der Waals surface area contributed by atoms with Gasteiger partial charge in [-0.15, -0.1) is 0 Å². The van der Waals surface area contributed by atoms with Gasteiger partial charge in [0, 0.05) is 19.3 Å². The molecule has 0 fully saturated rings. The van der Waals surface area contributed by atoms with Crippen LogP contribution in [0.5, 0.6) is 0 Å². The van der Waals surface area contributed by atoms with Gasteiger partial charge in [-0.25, -0.2) is 0 Å². The molecule has 0 saturated heterocycles. The standard InChI is InChI=1S/C56H104O6/c1-4-7-10-13-16-19-22-25-28-29-32-34-37-40-43-46-49-55(58)61-52-53(62-56(59)50-47-44-41-38-35-31-27-24-21-18-15-12-9-6-3)51-60-54(57)48-45-42-39-36-33-30-26-23-20-17-14-11-8-5-2/h15,18,24,27,53H,4-14,16-17,19-23,25-26,28-52H2,1-3H3/b18-15+,27-24+/t53-/m1/s1. The van der Waals surface area contributed by atoms with Crippen molar-refractivity contribution in [3.63, 3.8) is 0 Å². The fraction of sp³-hybridized carbons (Fsp3) is 0.875. The summed E-state index contributed by atoms with van der Waals surface area (Å²) in [4.78, 5) is 38.0. The molecule has 0 aliphatic rings. The van der Waals surface area contributed by atoms with Crippen LogP contribution >= 0.6 is 0 Å². The Hall–Kier alpha value is -2.11. The fourth-order valence-corrected chi connectivity index (χ4v) is 8.05. The van der Waals surface area contributed by atoms with Crippen LogP contribution in [0.3, 0.4) is 0 Å². The van der Waals surface area contributed by atoms with Gasteiger partial charge in [0.25, 0.3) is 0 Å². The summed E-state index contributed by atoms with van der Waals surface area (Å²) in [7, 11) is 0. The number of esters is 3. The van der Waals surface area contributed by atoms with Crippen molar-refractivity contribution in [3.05, 3.63) is 24.3 Å². The number of hydrogen-bond acceptors (Lipinski definition) is 6. The van der Waals surface area contributed by atoms with E-state index in [2.05, 4.69) is 45.1 Å². The van der Waals surface area contributed by atoms with Gasteiger partial charge < -0.3 is 14.2 Å². The van der Waals surface area contributed by atoms with Gasteiger partial charge in [-0.2, -0.15) is 0 Å². The number of allylic oxidation sites excluding steroid dienone is 4. The summed E-state index contributed by atoms with van der Waals surface area (Å²) in [5.74, 6) is -0.868. The SMILES string of the molecule is CCCC/C=C/C/C=C/CCCCCCCC(=O)O[C@H](COC(=O)CCCCCCCCCCCCCCCC)COC(=O)CCCCCCCCCCCCCCCCCC. The van der Waals surface area contributed by atoms with Crippen molar-refractivity contribution in [2.24, 2.45) is 0 Å². The number of ether oxygens (including phenoxy) is 3. The Balaban J connectivity index is 4.34. The third-order valence-corrected chi connectivity index (χ3v) is 12.2. The van der Waals surface area contributed by atoms with Gasteiger partial charge in [0.2, 0.25) is 0 Å².